The van der Waals surface area contributed by atoms with Crippen molar-refractivity contribution >= 4 is 27.8 Å². The van der Waals surface area contributed by atoms with Crippen LogP contribution in [0.5, 0.6) is 0 Å². The largest absolute Gasteiger partial charge is 0.310 e. The van der Waals surface area contributed by atoms with Crippen molar-refractivity contribution in [2.24, 2.45) is 0 Å². The molecule has 0 radical (unpaired) electrons. The summed E-state index contributed by atoms with van der Waals surface area (Å²) in [7, 11) is 0. The van der Waals surface area contributed by atoms with Crippen LogP contribution in [0, 0.1) is 0 Å². The molecule has 1 heteroatoms. The molecule has 62 heavy (non-hydrogen) atoms. The van der Waals surface area contributed by atoms with E-state index >= 15 is 0 Å². The van der Waals surface area contributed by atoms with Gasteiger partial charge in [0.1, 0.15) is 0 Å². The Bertz CT molecular complexity index is 3260. The van der Waals surface area contributed by atoms with Crippen LogP contribution in [0.1, 0.15) is 25.0 Å². The zero-order valence-corrected chi connectivity index (χ0v) is 35.0. The lowest BCUT2D eigenvalue weighted by atomic mass is 9.81. The molecular formula is C61H45N. The zero-order valence-electron chi connectivity index (χ0n) is 35.0. The molecular weight excluding hydrogens is 747 g/mol. The fourth-order valence-electron chi connectivity index (χ4n) is 9.77. The van der Waals surface area contributed by atoms with E-state index < -0.39 is 0 Å². The van der Waals surface area contributed by atoms with Crippen LogP contribution in [-0.2, 0) is 5.41 Å². The molecule has 0 unspecified atom stereocenters. The first kappa shape index (κ1) is 37.3. The van der Waals surface area contributed by atoms with Crippen molar-refractivity contribution in [3.63, 3.8) is 0 Å². The molecule has 294 valence electrons. The normalized spacial score (nSPS) is 12.5. The van der Waals surface area contributed by atoms with Gasteiger partial charge < -0.3 is 4.90 Å². The molecule has 0 spiro atoms. The van der Waals surface area contributed by atoms with Crippen LogP contribution >= 0.6 is 0 Å². The number of benzene rings is 10. The van der Waals surface area contributed by atoms with Crippen molar-refractivity contribution in [2.75, 3.05) is 4.90 Å². The van der Waals surface area contributed by atoms with Gasteiger partial charge in [-0.05, 0) is 126 Å². The lowest BCUT2D eigenvalue weighted by Gasteiger charge is -2.29. The van der Waals surface area contributed by atoms with Gasteiger partial charge in [-0.1, -0.05) is 208 Å². The van der Waals surface area contributed by atoms with Gasteiger partial charge in [0.25, 0.3) is 0 Å². The number of rotatable bonds is 8. The predicted octanol–water partition coefficient (Wildman–Crippen LogP) is 17.0. The van der Waals surface area contributed by atoms with E-state index in [9.17, 15) is 0 Å². The highest BCUT2D eigenvalue weighted by molar-refractivity contribution is 5.98. The molecule has 0 amide bonds. The minimum Gasteiger partial charge on any atom is -0.310 e. The Balaban J connectivity index is 1.04. The van der Waals surface area contributed by atoms with Gasteiger partial charge >= 0.3 is 0 Å². The van der Waals surface area contributed by atoms with Crippen LogP contribution in [0.4, 0.5) is 17.1 Å². The Morgan fingerprint density at radius 2 is 0.839 bits per heavy atom. The van der Waals surface area contributed by atoms with E-state index in [1.54, 1.807) is 0 Å². The number of para-hydroxylation sites is 1. The maximum absolute atomic E-state index is 2.43. The van der Waals surface area contributed by atoms with Gasteiger partial charge in [0.2, 0.25) is 0 Å². The smallest absolute Gasteiger partial charge is 0.0540 e. The van der Waals surface area contributed by atoms with Crippen molar-refractivity contribution in [1.82, 2.24) is 0 Å². The molecule has 10 aromatic carbocycles. The van der Waals surface area contributed by atoms with Gasteiger partial charge in [0.05, 0.1) is 5.69 Å². The van der Waals surface area contributed by atoms with E-state index in [0.29, 0.717) is 0 Å². The van der Waals surface area contributed by atoms with E-state index in [1.807, 2.05) is 0 Å². The van der Waals surface area contributed by atoms with Crippen molar-refractivity contribution in [3.8, 4) is 66.8 Å². The standard InChI is InChI=1S/C61H45N/c1-61(2)58-31-12-10-28-55(58)56-38-35-47(41-59(56)61)42-33-36-49(37-34-42)62(60-32-13-11-29-57(60)54-27-9-8-26-52(54)43-17-4-3-5-18-43)50-24-15-22-46(40-50)45-21-14-23-48(39-45)53-30-16-20-44-19-6-7-25-51(44)53/h3-41H,1-2H3. The van der Waals surface area contributed by atoms with Crippen molar-refractivity contribution in [2.45, 2.75) is 19.3 Å². The fraction of sp³-hybridized carbons (Fsp3) is 0.0492. The maximum atomic E-state index is 2.43. The number of anilines is 3. The van der Waals surface area contributed by atoms with Gasteiger partial charge in [0, 0.05) is 22.4 Å². The van der Waals surface area contributed by atoms with Crippen molar-refractivity contribution in [3.05, 3.63) is 248 Å². The van der Waals surface area contributed by atoms with Crippen LogP contribution in [0.15, 0.2) is 237 Å². The predicted molar refractivity (Wildman–Crippen MR) is 263 cm³/mol. The van der Waals surface area contributed by atoms with Crippen molar-refractivity contribution in [1.29, 1.82) is 0 Å². The first-order valence-corrected chi connectivity index (χ1v) is 21.6. The lowest BCUT2D eigenvalue weighted by Crippen LogP contribution is -2.14. The third kappa shape index (κ3) is 6.51. The lowest BCUT2D eigenvalue weighted by molar-refractivity contribution is 0.660. The molecule has 0 bridgehead atoms. The summed E-state index contributed by atoms with van der Waals surface area (Å²) in [5.41, 5.74) is 20.7. The maximum Gasteiger partial charge on any atom is 0.0540 e. The second-order valence-electron chi connectivity index (χ2n) is 16.9. The van der Waals surface area contributed by atoms with E-state index in [4.69, 9.17) is 0 Å². The van der Waals surface area contributed by atoms with Crippen LogP contribution in [-0.4, -0.2) is 0 Å². The summed E-state index contributed by atoms with van der Waals surface area (Å²) in [4.78, 5) is 2.43. The molecule has 0 aliphatic heterocycles. The average Bonchev–Trinajstić information content (AvgIpc) is 3.57. The summed E-state index contributed by atoms with van der Waals surface area (Å²) in [5.74, 6) is 0. The van der Waals surface area contributed by atoms with Crippen LogP contribution in [0.25, 0.3) is 77.5 Å². The third-order valence-corrected chi connectivity index (χ3v) is 12.9. The monoisotopic (exact) mass is 791 g/mol. The van der Waals surface area contributed by atoms with Crippen LogP contribution in [0.2, 0.25) is 0 Å². The molecule has 0 saturated carbocycles. The summed E-state index contributed by atoms with van der Waals surface area (Å²) in [5, 5.41) is 2.51. The molecule has 1 aliphatic rings. The van der Waals surface area contributed by atoms with Gasteiger partial charge in [-0.15, -0.1) is 0 Å². The summed E-state index contributed by atoms with van der Waals surface area (Å²) >= 11 is 0. The molecule has 10 aromatic rings. The molecule has 0 fully saturated rings. The molecule has 0 N–H and O–H groups in total. The van der Waals surface area contributed by atoms with Crippen molar-refractivity contribution < 1.29 is 0 Å². The van der Waals surface area contributed by atoms with Crippen LogP contribution in [0.3, 0.4) is 0 Å². The summed E-state index contributed by atoms with van der Waals surface area (Å²) in [6.07, 6.45) is 0. The van der Waals surface area contributed by atoms with Gasteiger partial charge in [0.15, 0.2) is 0 Å². The van der Waals surface area contributed by atoms with E-state index in [0.717, 1.165) is 22.6 Å². The molecule has 0 aromatic heterocycles. The molecule has 1 aliphatic carbocycles. The molecule has 0 saturated heterocycles. The Morgan fingerprint density at radius 1 is 0.290 bits per heavy atom. The number of nitrogens with zero attached hydrogens (tertiary/aromatic N) is 1. The van der Waals surface area contributed by atoms with Crippen LogP contribution < -0.4 is 4.90 Å². The summed E-state index contributed by atoms with van der Waals surface area (Å²) < 4.78 is 0. The van der Waals surface area contributed by atoms with Gasteiger partial charge in [-0.2, -0.15) is 0 Å². The second-order valence-corrected chi connectivity index (χ2v) is 16.9. The highest BCUT2D eigenvalue weighted by Crippen LogP contribution is 2.50. The molecule has 0 atom stereocenters. The van der Waals surface area contributed by atoms with E-state index in [2.05, 4.69) is 255 Å². The second kappa shape index (κ2) is 15.4. The molecule has 0 heterocycles. The number of fused-ring (bicyclic) bond motifs is 4. The molecule has 1 nitrogen and oxygen atoms in total. The first-order valence-electron chi connectivity index (χ1n) is 21.6. The Labute approximate surface area is 364 Å². The van der Waals surface area contributed by atoms with E-state index in [1.165, 1.54) is 83.1 Å². The summed E-state index contributed by atoms with van der Waals surface area (Å²) in [6, 6.07) is 86.6. The Hall–Kier alpha value is -7.74. The Kier molecular flexibility index (Phi) is 9.24. The number of hydrogen-bond acceptors (Lipinski definition) is 1. The fourth-order valence-corrected chi connectivity index (χ4v) is 9.77. The third-order valence-electron chi connectivity index (χ3n) is 12.9. The summed E-state index contributed by atoms with van der Waals surface area (Å²) in [6.45, 7) is 4.70. The van der Waals surface area contributed by atoms with E-state index in [-0.39, 0.29) is 5.41 Å². The minimum atomic E-state index is -0.0577. The molecule has 11 rings (SSSR count). The topological polar surface area (TPSA) is 3.24 Å². The minimum absolute atomic E-state index is 0.0577. The number of hydrogen-bond donors (Lipinski definition) is 0. The average molecular weight is 792 g/mol. The van der Waals surface area contributed by atoms with Gasteiger partial charge in [-0.3, -0.25) is 0 Å². The van der Waals surface area contributed by atoms with Gasteiger partial charge in [-0.25, -0.2) is 0 Å². The highest BCUT2D eigenvalue weighted by atomic mass is 15.1. The highest BCUT2D eigenvalue weighted by Gasteiger charge is 2.35. The first-order chi connectivity index (χ1) is 30.5. The SMILES string of the molecule is CC1(C)c2ccccc2-c2ccc(-c3ccc(N(c4cccc(-c5cccc(-c6cccc7ccccc67)c5)c4)c4ccccc4-c4ccccc4-c4ccccc4)cc3)cc21. The Morgan fingerprint density at radius 3 is 1.68 bits per heavy atom. The zero-order chi connectivity index (χ0) is 41.6. The quantitative estimate of drug-likeness (QED) is 0.148.